The summed E-state index contributed by atoms with van der Waals surface area (Å²) in [6, 6.07) is 15.2. The van der Waals surface area contributed by atoms with Gasteiger partial charge in [0.2, 0.25) is 0 Å². The van der Waals surface area contributed by atoms with Crippen LogP contribution in [0, 0.1) is 20.8 Å². The average Bonchev–Trinajstić information content (AvgIpc) is 3.09. The number of carbonyl (C=O) groups is 1. The molecule has 0 aliphatic heterocycles. The van der Waals surface area contributed by atoms with Crippen LogP contribution in [0.25, 0.3) is 10.9 Å². The Kier molecular flexibility index (Phi) is 6.42. The minimum atomic E-state index is -0.338. The van der Waals surface area contributed by atoms with Gasteiger partial charge in [-0.25, -0.2) is 4.98 Å². The standard InChI is InChI=1S/C25H23ClN2O4/c1-15-4-7-19-12-20(25(26)27-23(19)10-15)13-31-24(29)11-18-5-8-21(9-6-18)30-14-22-16(2)28-32-17(22)3/h4-10,12H,11,13-14H2,1-3H3. The molecule has 0 aliphatic carbocycles. The van der Waals surface area contributed by atoms with E-state index in [1.165, 1.54) is 0 Å². The normalized spacial score (nSPS) is 11.0. The lowest BCUT2D eigenvalue weighted by molar-refractivity contribution is -0.144. The SMILES string of the molecule is Cc1ccc2cc(COC(=O)Cc3ccc(OCc4c(C)noc4C)cc3)c(Cl)nc2c1. The van der Waals surface area contributed by atoms with Gasteiger partial charge in [-0.2, -0.15) is 0 Å². The number of fused-ring (bicyclic) bond motifs is 1. The Morgan fingerprint density at radius 2 is 1.81 bits per heavy atom. The predicted molar refractivity (Wildman–Crippen MR) is 122 cm³/mol. The van der Waals surface area contributed by atoms with Gasteiger partial charge >= 0.3 is 5.97 Å². The van der Waals surface area contributed by atoms with E-state index in [0.29, 0.717) is 23.1 Å². The molecule has 0 spiro atoms. The molecule has 0 saturated heterocycles. The van der Waals surface area contributed by atoms with Crippen molar-refractivity contribution in [2.45, 2.75) is 40.4 Å². The van der Waals surface area contributed by atoms with Crippen molar-refractivity contribution in [3.05, 3.63) is 87.4 Å². The van der Waals surface area contributed by atoms with E-state index in [4.69, 9.17) is 25.6 Å². The van der Waals surface area contributed by atoms with E-state index in [2.05, 4.69) is 10.1 Å². The van der Waals surface area contributed by atoms with Gasteiger partial charge in [-0.15, -0.1) is 0 Å². The molecule has 7 heteroatoms. The monoisotopic (exact) mass is 450 g/mol. The van der Waals surface area contributed by atoms with Crippen LogP contribution in [0.15, 0.2) is 53.1 Å². The first kappa shape index (κ1) is 21.8. The van der Waals surface area contributed by atoms with Crippen LogP contribution in [-0.4, -0.2) is 16.1 Å². The van der Waals surface area contributed by atoms with Crippen LogP contribution in [0.1, 0.15) is 33.7 Å². The Hall–Kier alpha value is -3.38. The molecule has 4 aromatic rings. The number of halogens is 1. The number of pyridine rings is 1. The smallest absolute Gasteiger partial charge is 0.310 e. The quantitative estimate of drug-likeness (QED) is 0.267. The summed E-state index contributed by atoms with van der Waals surface area (Å²) >= 11 is 6.28. The third-order valence-electron chi connectivity index (χ3n) is 5.22. The van der Waals surface area contributed by atoms with Crippen molar-refractivity contribution in [3.8, 4) is 5.75 Å². The third kappa shape index (κ3) is 5.08. The fourth-order valence-corrected chi connectivity index (χ4v) is 3.54. The molecule has 164 valence electrons. The minimum absolute atomic E-state index is 0.0765. The molecule has 0 fully saturated rings. The predicted octanol–water partition coefficient (Wildman–Crippen LogP) is 5.67. The van der Waals surface area contributed by atoms with Gasteiger partial charge in [-0.3, -0.25) is 4.79 Å². The van der Waals surface area contributed by atoms with Crippen molar-refractivity contribution >= 4 is 28.5 Å². The second kappa shape index (κ2) is 9.40. The van der Waals surface area contributed by atoms with Crippen LogP contribution in [0.3, 0.4) is 0 Å². The highest BCUT2D eigenvalue weighted by Crippen LogP contribution is 2.23. The fraction of sp³-hybridized carbons (Fsp3) is 0.240. The van der Waals surface area contributed by atoms with Crippen molar-refractivity contribution in [1.29, 1.82) is 0 Å². The van der Waals surface area contributed by atoms with Crippen LogP contribution in [-0.2, 0) is 29.2 Å². The van der Waals surface area contributed by atoms with Gasteiger partial charge in [-0.05, 0) is 56.2 Å². The maximum Gasteiger partial charge on any atom is 0.310 e. The summed E-state index contributed by atoms with van der Waals surface area (Å²) in [6.07, 6.45) is 0.155. The number of hydrogen-bond acceptors (Lipinski definition) is 6. The van der Waals surface area contributed by atoms with Gasteiger partial charge in [0.1, 0.15) is 29.9 Å². The van der Waals surface area contributed by atoms with Gasteiger partial charge in [0.15, 0.2) is 0 Å². The lowest BCUT2D eigenvalue weighted by Gasteiger charge is -2.09. The molecule has 6 nitrogen and oxygen atoms in total. The Morgan fingerprint density at radius 3 is 2.53 bits per heavy atom. The molecule has 0 aliphatic rings. The Morgan fingerprint density at radius 1 is 1.03 bits per heavy atom. The molecular formula is C25H23ClN2O4. The zero-order valence-electron chi connectivity index (χ0n) is 18.1. The highest BCUT2D eigenvalue weighted by Gasteiger charge is 2.11. The summed E-state index contributed by atoms with van der Waals surface area (Å²) in [5.74, 6) is 1.11. The molecular weight excluding hydrogens is 428 g/mol. The zero-order chi connectivity index (χ0) is 22.7. The van der Waals surface area contributed by atoms with E-state index in [-0.39, 0.29) is 19.0 Å². The van der Waals surface area contributed by atoms with Gasteiger partial charge in [0.05, 0.1) is 23.2 Å². The van der Waals surface area contributed by atoms with E-state index >= 15 is 0 Å². The number of benzene rings is 2. The van der Waals surface area contributed by atoms with Gasteiger partial charge < -0.3 is 14.0 Å². The van der Waals surface area contributed by atoms with Crippen molar-refractivity contribution in [1.82, 2.24) is 10.1 Å². The number of esters is 1. The van der Waals surface area contributed by atoms with E-state index in [1.54, 1.807) is 0 Å². The number of ether oxygens (including phenoxy) is 2. The van der Waals surface area contributed by atoms with Crippen LogP contribution in [0.5, 0.6) is 5.75 Å². The second-order valence-electron chi connectivity index (χ2n) is 7.71. The molecule has 32 heavy (non-hydrogen) atoms. The Bertz CT molecular complexity index is 1250. The van der Waals surface area contributed by atoms with Crippen LogP contribution < -0.4 is 4.74 Å². The minimum Gasteiger partial charge on any atom is -0.489 e. The molecule has 0 atom stereocenters. The first-order valence-electron chi connectivity index (χ1n) is 10.2. The molecule has 0 unspecified atom stereocenters. The molecule has 4 rings (SSSR count). The van der Waals surface area contributed by atoms with Crippen molar-refractivity contribution < 1.29 is 18.8 Å². The molecule has 2 aromatic heterocycles. The maximum atomic E-state index is 12.3. The largest absolute Gasteiger partial charge is 0.489 e. The molecule has 0 radical (unpaired) electrons. The summed E-state index contributed by atoms with van der Waals surface area (Å²) < 4.78 is 16.4. The van der Waals surface area contributed by atoms with Crippen molar-refractivity contribution in [2.75, 3.05) is 0 Å². The zero-order valence-corrected chi connectivity index (χ0v) is 18.9. The maximum absolute atomic E-state index is 12.3. The third-order valence-corrected chi connectivity index (χ3v) is 5.55. The average molecular weight is 451 g/mol. The summed E-state index contributed by atoms with van der Waals surface area (Å²) in [5, 5.41) is 5.22. The summed E-state index contributed by atoms with van der Waals surface area (Å²) in [5.41, 5.74) is 5.20. The number of nitrogens with zero attached hydrogens (tertiary/aromatic N) is 2. The summed E-state index contributed by atoms with van der Waals surface area (Å²) in [6.45, 7) is 6.19. The first-order chi connectivity index (χ1) is 15.4. The van der Waals surface area contributed by atoms with Crippen LogP contribution >= 0.6 is 11.6 Å². The van der Waals surface area contributed by atoms with Crippen molar-refractivity contribution in [2.24, 2.45) is 0 Å². The number of aromatic nitrogens is 2. The lowest BCUT2D eigenvalue weighted by atomic mass is 10.1. The van der Waals surface area contributed by atoms with Gasteiger partial charge in [0.25, 0.3) is 0 Å². The first-order valence-corrected chi connectivity index (χ1v) is 10.6. The lowest BCUT2D eigenvalue weighted by Crippen LogP contribution is -2.08. The molecule has 0 saturated carbocycles. The van der Waals surface area contributed by atoms with E-state index in [0.717, 1.165) is 39.0 Å². The number of aryl methyl sites for hydroxylation is 3. The van der Waals surface area contributed by atoms with Gasteiger partial charge in [-0.1, -0.05) is 41.0 Å². The number of carbonyl (C=O) groups excluding carboxylic acids is 1. The summed E-state index contributed by atoms with van der Waals surface area (Å²) in [7, 11) is 0. The molecule has 0 bridgehead atoms. The van der Waals surface area contributed by atoms with Gasteiger partial charge in [0, 0.05) is 10.9 Å². The molecule has 2 heterocycles. The number of rotatable bonds is 7. The number of hydrogen-bond donors (Lipinski definition) is 0. The fourth-order valence-electron chi connectivity index (χ4n) is 3.34. The highest BCUT2D eigenvalue weighted by molar-refractivity contribution is 6.30. The molecule has 0 amide bonds. The van der Waals surface area contributed by atoms with Crippen LogP contribution in [0.2, 0.25) is 5.15 Å². The molecule has 0 N–H and O–H groups in total. The Labute approximate surface area is 191 Å². The topological polar surface area (TPSA) is 74.5 Å². The van der Waals surface area contributed by atoms with E-state index < -0.39 is 0 Å². The highest BCUT2D eigenvalue weighted by atomic mass is 35.5. The van der Waals surface area contributed by atoms with E-state index in [9.17, 15) is 4.79 Å². The second-order valence-corrected chi connectivity index (χ2v) is 8.07. The van der Waals surface area contributed by atoms with Crippen LogP contribution in [0.4, 0.5) is 0 Å². The van der Waals surface area contributed by atoms with Crippen molar-refractivity contribution in [3.63, 3.8) is 0 Å². The summed E-state index contributed by atoms with van der Waals surface area (Å²) in [4.78, 5) is 16.7. The Balaban J connectivity index is 1.32. The van der Waals surface area contributed by atoms with E-state index in [1.807, 2.05) is 69.3 Å². The molecule has 2 aromatic carbocycles.